The van der Waals surface area contributed by atoms with Crippen molar-refractivity contribution in [2.24, 2.45) is 5.73 Å². The van der Waals surface area contributed by atoms with Crippen LogP contribution in [0.5, 0.6) is 0 Å². The molecule has 0 saturated heterocycles. The Morgan fingerprint density at radius 3 is 2.34 bits per heavy atom. The van der Waals surface area contributed by atoms with Gasteiger partial charge in [0, 0.05) is 19.5 Å². The number of nitrogens with zero attached hydrogens (tertiary/aromatic N) is 1. The number of carbonyl (C=O) groups is 4. The number of ether oxygens (including phenoxy) is 1. The topological polar surface area (TPSA) is 131 Å². The molecule has 0 radical (unpaired) electrons. The van der Waals surface area contributed by atoms with E-state index in [1.54, 1.807) is 52.0 Å². The molecule has 0 spiro atoms. The molecule has 0 bridgehead atoms. The lowest BCUT2D eigenvalue weighted by molar-refractivity contribution is -0.142. The summed E-state index contributed by atoms with van der Waals surface area (Å²) in [5.74, 6) is -1.55. The van der Waals surface area contributed by atoms with Gasteiger partial charge >= 0.3 is 6.09 Å². The standard InChI is InChI=1S/C29H38N4O5/c1-6-20-14-11-15-22(18-20)25(26(35)31-19-21-12-9-8-10-13-21)33(7-2)27(36)23(16-17-24(30)34)32-28(37)38-29(3,4)5/h6,8-15,18,23,25H,1,7,16-17,19H2,2-5H3,(H2,30,34)(H,31,35)(H,32,37). The van der Waals surface area contributed by atoms with Crippen molar-refractivity contribution in [2.45, 2.75) is 64.8 Å². The van der Waals surface area contributed by atoms with Crippen LogP contribution in [0.15, 0.2) is 61.2 Å². The van der Waals surface area contributed by atoms with E-state index < -0.39 is 41.5 Å². The van der Waals surface area contributed by atoms with Crippen LogP contribution < -0.4 is 16.4 Å². The molecule has 0 saturated carbocycles. The fourth-order valence-electron chi connectivity index (χ4n) is 3.87. The zero-order valence-corrected chi connectivity index (χ0v) is 22.5. The second kappa shape index (κ2) is 14.0. The molecule has 0 aliphatic heterocycles. The molecule has 9 heteroatoms. The van der Waals surface area contributed by atoms with Crippen molar-refractivity contribution in [3.8, 4) is 0 Å². The van der Waals surface area contributed by atoms with E-state index in [2.05, 4.69) is 17.2 Å². The highest BCUT2D eigenvalue weighted by Crippen LogP contribution is 2.25. The van der Waals surface area contributed by atoms with Gasteiger partial charge < -0.3 is 26.0 Å². The Morgan fingerprint density at radius 1 is 1.08 bits per heavy atom. The minimum atomic E-state index is -1.13. The molecule has 204 valence electrons. The van der Waals surface area contributed by atoms with Gasteiger partial charge in [0.15, 0.2) is 0 Å². The number of nitrogens with one attached hydrogen (secondary N) is 2. The zero-order valence-electron chi connectivity index (χ0n) is 22.5. The molecule has 4 amide bonds. The molecule has 0 aliphatic carbocycles. The van der Waals surface area contributed by atoms with E-state index >= 15 is 0 Å². The lowest BCUT2D eigenvalue weighted by Crippen LogP contribution is -2.53. The van der Waals surface area contributed by atoms with E-state index in [4.69, 9.17) is 10.5 Å². The number of carbonyl (C=O) groups excluding carboxylic acids is 4. The van der Waals surface area contributed by atoms with Crippen LogP contribution in [-0.4, -0.2) is 46.9 Å². The summed E-state index contributed by atoms with van der Waals surface area (Å²) in [5, 5.41) is 5.48. The number of rotatable bonds is 12. The monoisotopic (exact) mass is 522 g/mol. The van der Waals surface area contributed by atoms with Crippen molar-refractivity contribution >= 4 is 29.9 Å². The summed E-state index contributed by atoms with van der Waals surface area (Å²) in [6.07, 6.45) is 0.658. The highest BCUT2D eigenvalue weighted by Gasteiger charge is 2.35. The van der Waals surface area contributed by atoms with E-state index in [1.165, 1.54) is 4.90 Å². The lowest BCUT2D eigenvalue weighted by Gasteiger charge is -2.34. The van der Waals surface area contributed by atoms with Gasteiger partial charge in [-0.3, -0.25) is 14.4 Å². The maximum absolute atomic E-state index is 13.8. The highest BCUT2D eigenvalue weighted by atomic mass is 16.6. The summed E-state index contributed by atoms with van der Waals surface area (Å²) in [4.78, 5) is 52.9. The fourth-order valence-corrected chi connectivity index (χ4v) is 3.87. The molecule has 38 heavy (non-hydrogen) atoms. The van der Waals surface area contributed by atoms with Gasteiger partial charge in [-0.05, 0) is 56.9 Å². The Labute approximate surface area is 224 Å². The summed E-state index contributed by atoms with van der Waals surface area (Å²) in [6, 6.07) is 14.4. The first-order chi connectivity index (χ1) is 17.9. The third kappa shape index (κ3) is 9.38. The molecule has 2 aromatic rings. The van der Waals surface area contributed by atoms with Crippen LogP contribution in [0.2, 0.25) is 0 Å². The Hall–Kier alpha value is -4.14. The van der Waals surface area contributed by atoms with Gasteiger partial charge in [-0.15, -0.1) is 0 Å². The zero-order chi connectivity index (χ0) is 28.3. The number of hydrogen-bond donors (Lipinski definition) is 3. The molecular weight excluding hydrogens is 484 g/mol. The van der Waals surface area contributed by atoms with Gasteiger partial charge in [0.2, 0.25) is 17.7 Å². The van der Waals surface area contributed by atoms with Crippen LogP contribution in [-0.2, 0) is 25.7 Å². The number of alkyl carbamates (subject to hydrolysis) is 1. The molecule has 0 fully saturated rings. The SMILES string of the molecule is C=Cc1cccc(C(C(=O)NCc2ccccc2)N(CC)C(=O)C(CCC(N)=O)NC(=O)OC(C)(C)C)c1. The van der Waals surface area contributed by atoms with Crippen LogP contribution in [0.25, 0.3) is 6.08 Å². The molecule has 4 N–H and O–H groups in total. The Morgan fingerprint density at radius 2 is 1.76 bits per heavy atom. The van der Waals surface area contributed by atoms with Crippen molar-refractivity contribution in [3.63, 3.8) is 0 Å². The third-order valence-electron chi connectivity index (χ3n) is 5.62. The van der Waals surface area contributed by atoms with E-state index in [0.717, 1.165) is 11.1 Å². The summed E-state index contributed by atoms with van der Waals surface area (Å²) >= 11 is 0. The van der Waals surface area contributed by atoms with Crippen molar-refractivity contribution in [1.29, 1.82) is 0 Å². The molecule has 2 aromatic carbocycles. The van der Waals surface area contributed by atoms with Crippen LogP contribution >= 0.6 is 0 Å². The summed E-state index contributed by atoms with van der Waals surface area (Å²) < 4.78 is 5.32. The number of hydrogen-bond acceptors (Lipinski definition) is 5. The van der Waals surface area contributed by atoms with Crippen LogP contribution in [0.3, 0.4) is 0 Å². The van der Waals surface area contributed by atoms with E-state index in [9.17, 15) is 19.2 Å². The molecule has 0 heterocycles. The fraction of sp³-hybridized carbons (Fsp3) is 0.379. The van der Waals surface area contributed by atoms with E-state index in [0.29, 0.717) is 5.56 Å². The van der Waals surface area contributed by atoms with Crippen molar-refractivity contribution < 1.29 is 23.9 Å². The summed E-state index contributed by atoms with van der Waals surface area (Å²) in [5.41, 5.74) is 6.79. The second-order valence-electron chi connectivity index (χ2n) is 9.81. The Kier molecular flexibility index (Phi) is 11.1. The maximum atomic E-state index is 13.8. The normalized spacial score (nSPS) is 12.5. The first-order valence-corrected chi connectivity index (χ1v) is 12.6. The van der Waals surface area contributed by atoms with E-state index in [1.807, 2.05) is 36.4 Å². The van der Waals surface area contributed by atoms with E-state index in [-0.39, 0.29) is 25.9 Å². The molecule has 2 atom stereocenters. The Bertz CT molecular complexity index is 1130. The van der Waals surface area contributed by atoms with Crippen molar-refractivity contribution in [2.75, 3.05) is 6.54 Å². The van der Waals surface area contributed by atoms with Crippen LogP contribution in [0.1, 0.15) is 63.3 Å². The molecule has 2 unspecified atom stereocenters. The second-order valence-corrected chi connectivity index (χ2v) is 9.81. The number of primary amides is 1. The van der Waals surface area contributed by atoms with Crippen LogP contribution in [0, 0.1) is 0 Å². The maximum Gasteiger partial charge on any atom is 0.408 e. The molecule has 0 aliphatic rings. The largest absolute Gasteiger partial charge is 0.444 e. The predicted octanol–water partition coefficient (Wildman–Crippen LogP) is 3.69. The minimum Gasteiger partial charge on any atom is -0.444 e. The van der Waals surface area contributed by atoms with Crippen molar-refractivity contribution in [1.82, 2.24) is 15.5 Å². The first-order valence-electron chi connectivity index (χ1n) is 12.6. The molecule has 9 nitrogen and oxygen atoms in total. The lowest BCUT2D eigenvalue weighted by atomic mass is 9.99. The van der Waals surface area contributed by atoms with Gasteiger partial charge in [-0.2, -0.15) is 0 Å². The quantitative estimate of drug-likeness (QED) is 0.391. The third-order valence-corrected chi connectivity index (χ3v) is 5.62. The number of amides is 4. The van der Waals surface area contributed by atoms with Gasteiger partial charge in [0.1, 0.15) is 17.7 Å². The number of likely N-dealkylation sites (N-methyl/N-ethyl adjacent to an activating group) is 1. The van der Waals surface area contributed by atoms with Crippen LogP contribution in [0.4, 0.5) is 4.79 Å². The number of benzene rings is 2. The van der Waals surface area contributed by atoms with Gasteiger partial charge in [-0.25, -0.2) is 4.79 Å². The number of nitrogens with two attached hydrogens (primary N) is 1. The Balaban J connectivity index is 2.42. The average Bonchev–Trinajstić information content (AvgIpc) is 2.87. The smallest absolute Gasteiger partial charge is 0.408 e. The molecular formula is C29H38N4O5. The predicted molar refractivity (Wildman–Crippen MR) is 147 cm³/mol. The molecule has 2 rings (SSSR count). The first kappa shape index (κ1) is 30.1. The van der Waals surface area contributed by atoms with Gasteiger partial charge in [0.25, 0.3) is 0 Å². The van der Waals surface area contributed by atoms with Crippen molar-refractivity contribution in [3.05, 3.63) is 77.9 Å². The summed E-state index contributed by atoms with van der Waals surface area (Å²) in [6.45, 7) is 11.1. The molecule has 0 aromatic heterocycles. The highest BCUT2D eigenvalue weighted by molar-refractivity contribution is 5.92. The minimum absolute atomic E-state index is 0.0467. The summed E-state index contributed by atoms with van der Waals surface area (Å²) in [7, 11) is 0. The average molecular weight is 523 g/mol. The van der Waals surface area contributed by atoms with Gasteiger partial charge in [-0.1, -0.05) is 61.2 Å². The van der Waals surface area contributed by atoms with Gasteiger partial charge in [0.05, 0.1) is 0 Å².